The highest BCUT2D eigenvalue weighted by Crippen LogP contribution is 2.20. The largest absolute Gasteiger partial charge is 0.493 e. The van der Waals surface area contributed by atoms with Crippen molar-refractivity contribution in [3.63, 3.8) is 0 Å². The summed E-state index contributed by atoms with van der Waals surface area (Å²) in [6.07, 6.45) is 3.35. The van der Waals surface area contributed by atoms with E-state index in [9.17, 15) is 0 Å². The Kier molecular flexibility index (Phi) is 3.28. The maximum Gasteiger partial charge on any atom is 0.169 e. The van der Waals surface area contributed by atoms with Crippen LogP contribution in [0.15, 0.2) is 36.7 Å². The first-order valence-corrected chi connectivity index (χ1v) is 4.89. The lowest BCUT2D eigenvalue weighted by atomic mass is 10.3. The van der Waals surface area contributed by atoms with E-state index >= 15 is 0 Å². The molecular formula is C11H12N4O. The third-order valence-electron chi connectivity index (χ3n) is 2.06. The van der Waals surface area contributed by atoms with Gasteiger partial charge in [0.15, 0.2) is 11.6 Å². The van der Waals surface area contributed by atoms with Crippen LogP contribution in [0.1, 0.15) is 5.69 Å². The predicted octanol–water partition coefficient (Wildman–Crippen LogP) is 1.49. The van der Waals surface area contributed by atoms with E-state index in [0.717, 1.165) is 5.69 Å². The monoisotopic (exact) mass is 216 g/mol. The summed E-state index contributed by atoms with van der Waals surface area (Å²) < 4.78 is 5.17. The van der Waals surface area contributed by atoms with Crippen LogP contribution in [0.3, 0.4) is 0 Å². The summed E-state index contributed by atoms with van der Waals surface area (Å²) in [5.74, 6) is 1.42. The van der Waals surface area contributed by atoms with Gasteiger partial charge in [-0.15, -0.1) is 0 Å². The van der Waals surface area contributed by atoms with Crippen molar-refractivity contribution < 1.29 is 4.74 Å². The molecule has 5 nitrogen and oxygen atoms in total. The molecule has 2 heterocycles. The van der Waals surface area contributed by atoms with Crippen molar-refractivity contribution in [1.82, 2.24) is 15.2 Å². The standard InChI is InChI=1S/C11H12N4O/c1-16-10-5-3-6-12-11(10)13-8-9-4-2-7-14-15-9/h2-7H,8H2,1H3,(H,12,13). The lowest BCUT2D eigenvalue weighted by Gasteiger charge is -2.08. The van der Waals surface area contributed by atoms with E-state index in [4.69, 9.17) is 4.74 Å². The first-order valence-electron chi connectivity index (χ1n) is 4.89. The number of aromatic nitrogens is 3. The number of rotatable bonds is 4. The molecule has 0 aliphatic rings. The van der Waals surface area contributed by atoms with E-state index in [1.165, 1.54) is 0 Å². The van der Waals surface area contributed by atoms with Crippen molar-refractivity contribution in [1.29, 1.82) is 0 Å². The molecule has 82 valence electrons. The van der Waals surface area contributed by atoms with Crippen LogP contribution >= 0.6 is 0 Å². The average Bonchev–Trinajstić information content (AvgIpc) is 2.38. The van der Waals surface area contributed by atoms with Crippen LogP contribution in [0.2, 0.25) is 0 Å². The molecule has 16 heavy (non-hydrogen) atoms. The van der Waals surface area contributed by atoms with Crippen LogP contribution < -0.4 is 10.1 Å². The van der Waals surface area contributed by atoms with Gasteiger partial charge in [0.05, 0.1) is 19.3 Å². The molecule has 0 bridgehead atoms. The molecule has 0 unspecified atom stereocenters. The molecule has 2 aromatic heterocycles. The molecule has 2 rings (SSSR count). The minimum Gasteiger partial charge on any atom is -0.493 e. The van der Waals surface area contributed by atoms with Gasteiger partial charge in [-0.25, -0.2) is 4.98 Å². The summed E-state index contributed by atoms with van der Waals surface area (Å²) in [5.41, 5.74) is 0.857. The molecule has 0 fully saturated rings. The number of hydrogen-bond acceptors (Lipinski definition) is 5. The number of pyridine rings is 1. The Morgan fingerprint density at radius 1 is 1.25 bits per heavy atom. The molecule has 5 heteroatoms. The fourth-order valence-electron chi connectivity index (χ4n) is 1.29. The van der Waals surface area contributed by atoms with Gasteiger partial charge in [0.1, 0.15) is 0 Å². The van der Waals surface area contributed by atoms with E-state index in [0.29, 0.717) is 18.1 Å². The lowest BCUT2D eigenvalue weighted by Crippen LogP contribution is -2.05. The maximum absolute atomic E-state index is 5.17. The van der Waals surface area contributed by atoms with Crippen LogP contribution in [0, 0.1) is 0 Å². The van der Waals surface area contributed by atoms with E-state index in [1.807, 2.05) is 24.3 Å². The number of methoxy groups -OCH3 is 1. The zero-order chi connectivity index (χ0) is 11.2. The first-order chi connectivity index (χ1) is 7.90. The Balaban J connectivity index is 2.05. The number of hydrogen-bond donors (Lipinski definition) is 1. The van der Waals surface area contributed by atoms with Crippen molar-refractivity contribution in [3.8, 4) is 5.75 Å². The minimum absolute atomic E-state index is 0.571. The van der Waals surface area contributed by atoms with E-state index < -0.39 is 0 Å². The SMILES string of the molecule is COc1cccnc1NCc1cccnn1. The molecule has 0 saturated heterocycles. The zero-order valence-corrected chi connectivity index (χ0v) is 8.92. The van der Waals surface area contributed by atoms with Gasteiger partial charge in [0.2, 0.25) is 0 Å². The van der Waals surface area contributed by atoms with E-state index in [-0.39, 0.29) is 0 Å². The Morgan fingerprint density at radius 2 is 2.12 bits per heavy atom. The second kappa shape index (κ2) is 5.06. The van der Waals surface area contributed by atoms with Gasteiger partial charge < -0.3 is 10.1 Å². The maximum atomic E-state index is 5.17. The number of ether oxygens (including phenoxy) is 1. The van der Waals surface area contributed by atoms with Crippen molar-refractivity contribution in [2.24, 2.45) is 0 Å². The highest BCUT2D eigenvalue weighted by molar-refractivity contribution is 5.49. The van der Waals surface area contributed by atoms with Crippen LogP contribution in [-0.4, -0.2) is 22.3 Å². The summed E-state index contributed by atoms with van der Waals surface area (Å²) in [4.78, 5) is 4.18. The van der Waals surface area contributed by atoms with Crippen molar-refractivity contribution in [2.45, 2.75) is 6.54 Å². The average molecular weight is 216 g/mol. The number of anilines is 1. The highest BCUT2D eigenvalue weighted by atomic mass is 16.5. The Labute approximate surface area is 93.5 Å². The molecule has 0 saturated carbocycles. The Morgan fingerprint density at radius 3 is 2.88 bits per heavy atom. The fourth-order valence-corrected chi connectivity index (χ4v) is 1.29. The first kappa shape index (κ1) is 10.4. The second-order valence-electron chi connectivity index (χ2n) is 3.12. The van der Waals surface area contributed by atoms with Gasteiger partial charge >= 0.3 is 0 Å². The highest BCUT2D eigenvalue weighted by Gasteiger charge is 2.02. The van der Waals surface area contributed by atoms with E-state index in [1.54, 1.807) is 19.5 Å². The Bertz CT molecular complexity index is 447. The molecule has 2 aromatic rings. The molecule has 0 aromatic carbocycles. The quantitative estimate of drug-likeness (QED) is 0.839. The summed E-state index contributed by atoms with van der Waals surface area (Å²) in [5, 5.41) is 10.9. The number of nitrogens with one attached hydrogen (secondary N) is 1. The molecule has 0 aliphatic heterocycles. The summed E-state index contributed by atoms with van der Waals surface area (Å²) in [7, 11) is 1.62. The molecule has 1 N–H and O–H groups in total. The molecule has 0 aliphatic carbocycles. The molecule has 0 amide bonds. The van der Waals surface area contributed by atoms with Crippen LogP contribution in [0.4, 0.5) is 5.82 Å². The van der Waals surface area contributed by atoms with E-state index in [2.05, 4.69) is 20.5 Å². The summed E-state index contributed by atoms with van der Waals surface area (Å²) in [6.45, 7) is 0.571. The number of nitrogens with zero attached hydrogens (tertiary/aromatic N) is 3. The van der Waals surface area contributed by atoms with Gasteiger partial charge in [-0.05, 0) is 24.3 Å². The normalized spacial score (nSPS) is 9.81. The van der Waals surface area contributed by atoms with Crippen LogP contribution in [0.5, 0.6) is 5.75 Å². The third kappa shape index (κ3) is 2.44. The topological polar surface area (TPSA) is 59.9 Å². The molecule has 0 radical (unpaired) electrons. The van der Waals surface area contributed by atoms with Crippen LogP contribution in [-0.2, 0) is 6.54 Å². The van der Waals surface area contributed by atoms with Gasteiger partial charge in [-0.2, -0.15) is 10.2 Å². The molecule has 0 atom stereocenters. The van der Waals surface area contributed by atoms with Crippen molar-refractivity contribution >= 4 is 5.82 Å². The third-order valence-corrected chi connectivity index (χ3v) is 2.06. The fraction of sp³-hybridized carbons (Fsp3) is 0.182. The van der Waals surface area contributed by atoms with Crippen LogP contribution in [0.25, 0.3) is 0 Å². The van der Waals surface area contributed by atoms with Gasteiger partial charge in [0.25, 0.3) is 0 Å². The zero-order valence-electron chi connectivity index (χ0n) is 8.92. The second-order valence-corrected chi connectivity index (χ2v) is 3.12. The Hall–Kier alpha value is -2.17. The minimum atomic E-state index is 0.571. The van der Waals surface area contributed by atoms with Gasteiger partial charge in [-0.1, -0.05) is 0 Å². The van der Waals surface area contributed by atoms with Gasteiger partial charge in [-0.3, -0.25) is 0 Å². The summed E-state index contributed by atoms with van der Waals surface area (Å²) in [6, 6.07) is 7.42. The van der Waals surface area contributed by atoms with Crippen molar-refractivity contribution in [3.05, 3.63) is 42.4 Å². The smallest absolute Gasteiger partial charge is 0.169 e. The summed E-state index contributed by atoms with van der Waals surface area (Å²) >= 11 is 0. The molecular weight excluding hydrogens is 204 g/mol. The molecule has 0 spiro atoms. The predicted molar refractivity (Wildman–Crippen MR) is 60.1 cm³/mol. The lowest BCUT2D eigenvalue weighted by molar-refractivity contribution is 0.415. The van der Waals surface area contributed by atoms with Crippen molar-refractivity contribution in [2.75, 3.05) is 12.4 Å². The van der Waals surface area contributed by atoms with Gasteiger partial charge in [0, 0.05) is 12.4 Å².